The van der Waals surface area contributed by atoms with Gasteiger partial charge in [0.25, 0.3) is 5.91 Å². The zero-order chi connectivity index (χ0) is 18.8. The summed E-state index contributed by atoms with van der Waals surface area (Å²) in [5, 5.41) is 2.89. The molecule has 4 rings (SSSR count). The Morgan fingerprint density at radius 2 is 1.89 bits per heavy atom. The van der Waals surface area contributed by atoms with E-state index in [4.69, 9.17) is 4.74 Å². The van der Waals surface area contributed by atoms with Crippen molar-refractivity contribution in [2.45, 2.75) is 6.92 Å². The minimum Gasteiger partial charge on any atom is -0.497 e. The van der Waals surface area contributed by atoms with Gasteiger partial charge in [-0.15, -0.1) is 12.4 Å². The molecular weight excluding hydrogens is 378 g/mol. The molecule has 142 valence electrons. The van der Waals surface area contributed by atoms with Crippen LogP contribution in [0.1, 0.15) is 15.9 Å². The van der Waals surface area contributed by atoms with Crippen LogP contribution in [0.3, 0.4) is 0 Å². The highest BCUT2D eigenvalue weighted by molar-refractivity contribution is 6.11. The summed E-state index contributed by atoms with van der Waals surface area (Å²) in [6.45, 7) is 1.91. The third kappa shape index (κ3) is 3.65. The molecule has 2 N–H and O–H groups in total. The Morgan fingerprint density at radius 3 is 2.61 bits per heavy atom. The number of aromatic nitrogens is 4. The summed E-state index contributed by atoms with van der Waals surface area (Å²) in [5.41, 5.74) is 4.02. The fourth-order valence-electron chi connectivity index (χ4n) is 2.77. The molecule has 3 aromatic heterocycles. The van der Waals surface area contributed by atoms with Crippen molar-refractivity contribution in [1.82, 2.24) is 19.9 Å². The Bertz CT molecular complexity index is 1130. The molecule has 0 fully saturated rings. The maximum Gasteiger partial charge on any atom is 0.258 e. The summed E-state index contributed by atoms with van der Waals surface area (Å²) < 4.78 is 5.18. The minimum atomic E-state index is -0.247. The minimum absolute atomic E-state index is 0. The zero-order valence-corrected chi connectivity index (χ0v) is 16.1. The van der Waals surface area contributed by atoms with Gasteiger partial charge < -0.3 is 15.0 Å². The molecule has 0 aliphatic heterocycles. The lowest BCUT2D eigenvalue weighted by Gasteiger charge is -2.07. The van der Waals surface area contributed by atoms with Gasteiger partial charge in [0.2, 0.25) is 0 Å². The monoisotopic (exact) mass is 395 g/mol. The van der Waals surface area contributed by atoms with Crippen LogP contribution in [0.5, 0.6) is 5.75 Å². The van der Waals surface area contributed by atoms with E-state index in [2.05, 4.69) is 25.3 Å². The number of hydrogen-bond donors (Lipinski definition) is 2. The number of aryl methyl sites for hydroxylation is 1. The molecule has 3 heterocycles. The highest BCUT2D eigenvalue weighted by Gasteiger charge is 2.16. The number of rotatable bonds is 4. The Labute approximate surface area is 167 Å². The molecule has 0 saturated heterocycles. The first-order chi connectivity index (χ1) is 13.2. The second kappa shape index (κ2) is 8.06. The van der Waals surface area contributed by atoms with E-state index in [1.807, 2.05) is 37.3 Å². The molecule has 0 atom stereocenters. The van der Waals surface area contributed by atoms with Gasteiger partial charge in [-0.2, -0.15) is 0 Å². The first-order valence-corrected chi connectivity index (χ1v) is 8.37. The molecule has 0 bridgehead atoms. The quantitative estimate of drug-likeness (QED) is 0.544. The third-order valence-electron chi connectivity index (χ3n) is 4.29. The Morgan fingerprint density at radius 1 is 1.11 bits per heavy atom. The maximum atomic E-state index is 12.8. The predicted molar refractivity (Wildman–Crippen MR) is 110 cm³/mol. The molecule has 0 radical (unpaired) electrons. The molecule has 0 saturated carbocycles. The predicted octanol–water partition coefficient (Wildman–Crippen LogP) is 4.01. The lowest BCUT2D eigenvalue weighted by atomic mass is 10.2. The molecule has 1 amide bonds. The van der Waals surface area contributed by atoms with Crippen molar-refractivity contribution in [3.8, 4) is 17.1 Å². The van der Waals surface area contributed by atoms with E-state index in [1.165, 1.54) is 0 Å². The molecular formula is C20H18ClN5O2. The van der Waals surface area contributed by atoms with Gasteiger partial charge in [-0.3, -0.25) is 9.78 Å². The number of amides is 1. The number of nitrogens with zero attached hydrogens (tertiary/aromatic N) is 3. The highest BCUT2D eigenvalue weighted by atomic mass is 35.5. The van der Waals surface area contributed by atoms with Crippen LogP contribution in [0.25, 0.3) is 22.6 Å². The van der Waals surface area contributed by atoms with E-state index >= 15 is 0 Å². The van der Waals surface area contributed by atoms with Gasteiger partial charge >= 0.3 is 0 Å². The van der Waals surface area contributed by atoms with Crippen molar-refractivity contribution in [2.75, 3.05) is 12.4 Å². The van der Waals surface area contributed by atoms with Crippen molar-refractivity contribution >= 4 is 35.2 Å². The van der Waals surface area contributed by atoms with Gasteiger partial charge in [0, 0.05) is 18.0 Å². The van der Waals surface area contributed by atoms with Crippen molar-refractivity contribution in [2.24, 2.45) is 0 Å². The summed E-state index contributed by atoms with van der Waals surface area (Å²) in [6, 6.07) is 11.0. The number of methoxy groups -OCH3 is 1. The number of H-pyrrole nitrogens is 1. The van der Waals surface area contributed by atoms with Gasteiger partial charge in [-0.05, 0) is 48.9 Å². The molecule has 1 aromatic carbocycles. The van der Waals surface area contributed by atoms with Crippen LogP contribution >= 0.6 is 12.4 Å². The number of ether oxygens (including phenoxy) is 1. The summed E-state index contributed by atoms with van der Waals surface area (Å²) >= 11 is 0. The Hall–Kier alpha value is -3.45. The number of carbonyl (C=O) groups is 1. The van der Waals surface area contributed by atoms with E-state index < -0.39 is 0 Å². The number of nitrogens with one attached hydrogen (secondary N) is 2. The average molecular weight is 396 g/mol. The van der Waals surface area contributed by atoms with Crippen LogP contribution in [0.4, 0.5) is 5.69 Å². The van der Waals surface area contributed by atoms with Gasteiger partial charge in [0.05, 0.1) is 30.1 Å². The van der Waals surface area contributed by atoms with Crippen molar-refractivity contribution < 1.29 is 9.53 Å². The number of anilines is 1. The molecule has 4 aromatic rings. The molecule has 8 heteroatoms. The van der Waals surface area contributed by atoms with E-state index in [0.29, 0.717) is 28.2 Å². The van der Waals surface area contributed by atoms with E-state index in [0.717, 1.165) is 16.9 Å². The molecule has 0 aliphatic carbocycles. The summed E-state index contributed by atoms with van der Waals surface area (Å²) in [7, 11) is 1.62. The smallest absolute Gasteiger partial charge is 0.258 e. The topological polar surface area (TPSA) is 92.8 Å². The number of benzene rings is 1. The molecule has 0 spiro atoms. The fourth-order valence-corrected chi connectivity index (χ4v) is 2.77. The van der Waals surface area contributed by atoms with E-state index in [-0.39, 0.29) is 18.3 Å². The number of pyridine rings is 2. The number of carbonyl (C=O) groups excluding carboxylic acids is 1. The number of imidazole rings is 1. The zero-order valence-electron chi connectivity index (χ0n) is 15.3. The number of aromatic amines is 1. The van der Waals surface area contributed by atoms with Gasteiger partial charge in [-0.1, -0.05) is 0 Å². The summed E-state index contributed by atoms with van der Waals surface area (Å²) in [4.78, 5) is 28.8. The second-order valence-electron chi connectivity index (χ2n) is 6.02. The fraction of sp³-hybridized carbons (Fsp3) is 0.100. The van der Waals surface area contributed by atoms with Gasteiger partial charge in [0.15, 0.2) is 5.65 Å². The first kappa shape index (κ1) is 19.3. The van der Waals surface area contributed by atoms with Crippen LogP contribution < -0.4 is 10.1 Å². The molecule has 28 heavy (non-hydrogen) atoms. The van der Waals surface area contributed by atoms with Crippen molar-refractivity contribution in [3.63, 3.8) is 0 Å². The lowest BCUT2D eigenvalue weighted by Crippen LogP contribution is -2.13. The summed E-state index contributed by atoms with van der Waals surface area (Å²) in [6.07, 6.45) is 4.89. The van der Waals surface area contributed by atoms with Crippen LogP contribution in [0, 0.1) is 6.92 Å². The first-order valence-electron chi connectivity index (χ1n) is 8.37. The van der Waals surface area contributed by atoms with Crippen molar-refractivity contribution in [1.29, 1.82) is 0 Å². The average Bonchev–Trinajstić information content (AvgIpc) is 3.14. The second-order valence-corrected chi connectivity index (χ2v) is 6.02. The molecule has 0 aliphatic rings. The van der Waals surface area contributed by atoms with Crippen molar-refractivity contribution in [3.05, 3.63) is 66.1 Å². The third-order valence-corrected chi connectivity index (χ3v) is 4.29. The van der Waals surface area contributed by atoms with E-state index in [1.54, 1.807) is 31.8 Å². The maximum absolute atomic E-state index is 12.8. The number of hydrogen-bond acceptors (Lipinski definition) is 5. The van der Waals surface area contributed by atoms with Crippen LogP contribution in [-0.2, 0) is 0 Å². The normalized spacial score (nSPS) is 10.4. The number of fused-ring (bicyclic) bond motifs is 1. The molecule has 0 unspecified atom stereocenters. The van der Waals surface area contributed by atoms with Crippen LogP contribution in [0.2, 0.25) is 0 Å². The van der Waals surface area contributed by atoms with Crippen LogP contribution in [0.15, 0.2) is 55.0 Å². The summed E-state index contributed by atoms with van der Waals surface area (Å²) in [5.74, 6) is 1.15. The lowest BCUT2D eigenvalue weighted by molar-refractivity contribution is 0.102. The Kier molecular flexibility index (Phi) is 5.56. The SMILES string of the molecule is COc1ccc(-c2nc3nccc(C(=O)Nc4cnccc4C)c3[nH]2)cc1.Cl. The highest BCUT2D eigenvalue weighted by Crippen LogP contribution is 2.24. The van der Waals surface area contributed by atoms with Crippen LogP contribution in [-0.4, -0.2) is 33.0 Å². The standard InChI is InChI=1S/C20H17N5O2.ClH/c1-12-7-9-21-11-16(12)23-20(26)15-8-10-22-19-17(15)24-18(25-19)13-3-5-14(27-2)6-4-13;/h3-11H,1-2H3,(H,23,26)(H,22,24,25);1H. The number of halogens is 1. The molecule has 7 nitrogen and oxygen atoms in total. The van der Waals surface area contributed by atoms with Gasteiger partial charge in [0.1, 0.15) is 11.6 Å². The Balaban J connectivity index is 0.00000225. The van der Waals surface area contributed by atoms with E-state index in [9.17, 15) is 4.79 Å². The largest absolute Gasteiger partial charge is 0.497 e. The van der Waals surface area contributed by atoms with Gasteiger partial charge in [-0.25, -0.2) is 9.97 Å².